The summed E-state index contributed by atoms with van der Waals surface area (Å²) in [6.07, 6.45) is 1.80. The molecule has 0 amide bonds. The number of pyridine rings is 1. The lowest BCUT2D eigenvalue weighted by Gasteiger charge is -2.18. The summed E-state index contributed by atoms with van der Waals surface area (Å²) >= 11 is 0. The average Bonchev–Trinajstić information content (AvgIpc) is 2.58. The van der Waals surface area contributed by atoms with Crippen molar-refractivity contribution in [1.29, 1.82) is 0 Å². The van der Waals surface area contributed by atoms with E-state index in [-0.39, 0.29) is 0 Å². The molecule has 0 aliphatic rings. The minimum atomic E-state index is -0.971. The molecule has 5 heteroatoms. The second-order valence-electron chi connectivity index (χ2n) is 5.13. The van der Waals surface area contributed by atoms with E-state index < -0.39 is 12.2 Å². The molecule has 2 unspecified atom stereocenters. The zero-order valence-corrected chi connectivity index (χ0v) is 12.6. The highest BCUT2D eigenvalue weighted by molar-refractivity contribution is 5.26. The number of hydrogen-bond donors (Lipinski definition) is 3. The van der Waals surface area contributed by atoms with Crippen LogP contribution in [0, 0.1) is 0 Å². The fraction of sp³-hybridized carbons (Fsp3) is 0.353. The van der Waals surface area contributed by atoms with Crippen LogP contribution in [0.4, 0.5) is 0 Å². The first-order chi connectivity index (χ1) is 10.7. The van der Waals surface area contributed by atoms with Gasteiger partial charge in [0.05, 0.1) is 12.3 Å². The van der Waals surface area contributed by atoms with Gasteiger partial charge in [0, 0.05) is 11.8 Å². The molecule has 0 bridgehead atoms. The highest BCUT2D eigenvalue weighted by Gasteiger charge is 2.18. The molecule has 1 aromatic heterocycles. The van der Waals surface area contributed by atoms with Crippen molar-refractivity contribution >= 4 is 0 Å². The Balaban J connectivity index is 1.97. The van der Waals surface area contributed by atoms with Crippen molar-refractivity contribution in [2.24, 2.45) is 0 Å². The molecule has 1 heterocycles. The van der Waals surface area contributed by atoms with Crippen LogP contribution in [0.25, 0.3) is 0 Å². The molecule has 0 saturated carbocycles. The van der Waals surface area contributed by atoms with Gasteiger partial charge in [0.15, 0.2) is 0 Å². The molecule has 5 nitrogen and oxygen atoms in total. The van der Waals surface area contributed by atoms with E-state index in [0.717, 1.165) is 5.56 Å². The van der Waals surface area contributed by atoms with E-state index in [9.17, 15) is 10.2 Å². The van der Waals surface area contributed by atoms with E-state index in [1.807, 2.05) is 30.3 Å². The maximum atomic E-state index is 10.2. The van der Waals surface area contributed by atoms with Gasteiger partial charge in [0.2, 0.25) is 0 Å². The molecule has 3 N–H and O–H groups in total. The van der Waals surface area contributed by atoms with Crippen LogP contribution in [-0.2, 0) is 6.61 Å². The van der Waals surface area contributed by atoms with Gasteiger partial charge >= 0.3 is 0 Å². The van der Waals surface area contributed by atoms with Crippen LogP contribution in [0.15, 0.2) is 48.8 Å². The van der Waals surface area contributed by atoms with Crippen LogP contribution in [0.1, 0.15) is 23.7 Å². The topological polar surface area (TPSA) is 74.6 Å². The average molecular weight is 302 g/mol. The van der Waals surface area contributed by atoms with Gasteiger partial charge in [0.25, 0.3) is 0 Å². The Labute approximate surface area is 130 Å². The van der Waals surface area contributed by atoms with E-state index in [1.165, 1.54) is 0 Å². The summed E-state index contributed by atoms with van der Waals surface area (Å²) in [6.45, 7) is 1.07. The van der Waals surface area contributed by atoms with Crippen LogP contribution in [0.2, 0.25) is 0 Å². The van der Waals surface area contributed by atoms with Crippen molar-refractivity contribution < 1.29 is 14.9 Å². The fourth-order valence-corrected chi connectivity index (χ4v) is 2.09. The third kappa shape index (κ3) is 4.80. The van der Waals surface area contributed by atoms with Crippen molar-refractivity contribution in [2.75, 3.05) is 13.6 Å². The molecular formula is C17H22N2O3. The minimum Gasteiger partial charge on any atom is -0.487 e. The van der Waals surface area contributed by atoms with Crippen LogP contribution in [0.3, 0.4) is 0 Å². The molecule has 0 saturated heterocycles. The van der Waals surface area contributed by atoms with Gasteiger partial charge in [-0.3, -0.25) is 4.98 Å². The Morgan fingerprint density at radius 2 is 1.95 bits per heavy atom. The molecule has 0 fully saturated rings. The second kappa shape index (κ2) is 8.48. The van der Waals surface area contributed by atoms with Gasteiger partial charge < -0.3 is 20.3 Å². The third-order valence-corrected chi connectivity index (χ3v) is 3.38. The molecule has 0 radical (unpaired) electrons. The SMILES string of the molecule is CNCCC(O)C(O)c1cncc(OCc2ccccc2)c1. The number of aliphatic hydroxyl groups is 2. The summed E-state index contributed by atoms with van der Waals surface area (Å²) in [7, 11) is 1.80. The molecule has 2 aromatic rings. The van der Waals surface area contributed by atoms with Gasteiger partial charge in [0.1, 0.15) is 18.5 Å². The quantitative estimate of drug-likeness (QED) is 0.691. The number of aromatic nitrogens is 1. The number of nitrogens with zero attached hydrogens (tertiary/aromatic N) is 1. The van der Waals surface area contributed by atoms with Crippen molar-refractivity contribution in [1.82, 2.24) is 10.3 Å². The summed E-state index contributed by atoms with van der Waals surface area (Å²) in [5.41, 5.74) is 1.61. The summed E-state index contributed by atoms with van der Waals surface area (Å²) in [5.74, 6) is 0.571. The van der Waals surface area contributed by atoms with E-state index in [4.69, 9.17) is 4.74 Å². The number of rotatable bonds is 8. The molecular weight excluding hydrogens is 280 g/mol. The van der Waals surface area contributed by atoms with E-state index >= 15 is 0 Å². The summed E-state index contributed by atoms with van der Waals surface area (Å²) < 4.78 is 5.68. The summed E-state index contributed by atoms with van der Waals surface area (Å²) in [5, 5.41) is 23.0. The maximum Gasteiger partial charge on any atom is 0.138 e. The largest absolute Gasteiger partial charge is 0.487 e. The van der Waals surface area contributed by atoms with Gasteiger partial charge in [-0.15, -0.1) is 0 Å². The lowest BCUT2D eigenvalue weighted by molar-refractivity contribution is 0.0137. The zero-order chi connectivity index (χ0) is 15.8. The molecule has 0 aliphatic carbocycles. The Morgan fingerprint density at radius 1 is 1.18 bits per heavy atom. The number of ether oxygens (including phenoxy) is 1. The highest BCUT2D eigenvalue weighted by Crippen LogP contribution is 2.22. The normalized spacial score (nSPS) is 13.6. The van der Waals surface area contributed by atoms with Crippen molar-refractivity contribution in [3.8, 4) is 5.75 Å². The van der Waals surface area contributed by atoms with Crippen LogP contribution >= 0.6 is 0 Å². The van der Waals surface area contributed by atoms with Gasteiger partial charge in [-0.2, -0.15) is 0 Å². The highest BCUT2D eigenvalue weighted by atomic mass is 16.5. The van der Waals surface area contributed by atoms with Gasteiger partial charge in [-0.05, 0) is 31.6 Å². The second-order valence-corrected chi connectivity index (χ2v) is 5.13. The van der Waals surface area contributed by atoms with E-state index in [1.54, 1.807) is 25.5 Å². The van der Waals surface area contributed by atoms with Gasteiger partial charge in [-0.25, -0.2) is 0 Å². The predicted molar refractivity (Wildman–Crippen MR) is 84.5 cm³/mol. The third-order valence-electron chi connectivity index (χ3n) is 3.38. The Bertz CT molecular complexity index is 563. The molecule has 118 valence electrons. The molecule has 1 aromatic carbocycles. The molecule has 0 spiro atoms. The number of nitrogens with one attached hydrogen (secondary N) is 1. The lowest BCUT2D eigenvalue weighted by Crippen LogP contribution is -2.23. The molecule has 0 aliphatic heterocycles. The van der Waals surface area contributed by atoms with Crippen LogP contribution in [-0.4, -0.2) is 34.9 Å². The van der Waals surface area contributed by atoms with Crippen molar-refractivity contribution in [3.63, 3.8) is 0 Å². The first-order valence-electron chi connectivity index (χ1n) is 7.33. The minimum absolute atomic E-state index is 0.435. The maximum absolute atomic E-state index is 10.2. The molecule has 2 atom stereocenters. The van der Waals surface area contributed by atoms with Crippen molar-refractivity contribution in [3.05, 3.63) is 59.9 Å². The summed E-state index contributed by atoms with van der Waals surface area (Å²) in [6, 6.07) is 11.5. The lowest BCUT2D eigenvalue weighted by atomic mass is 10.0. The monoisotopic (exact) mass is 302 g/mol. The van der Waals surface area contributed by atoms with E-state index in [0.29, 0.717) is 30.9 Å². The van der Waals surface area contributed by atoms with E-state index in [2.05, 4.69) is 10.3 Å². The van der Waals surface area contributed by atoms with Crippen molar-refractivity contribution in [2.45, 2.75) is 25.2 Å². The first kappa shape index (κ1) is 16.4. The fourth-order valence-electron chi connectivity index (χ4n) is 2.09. The Morgan fingerprint density at radius 3 is 2.68 bits per heavy atom. The Hall–Kier alpha value is -1.95. The number of aliphatic hydroxyl groups excluding tert-OH is 2. The number of hydrogen-bond acceptors (Lipinski definition) is 5. The predicted octanol–water partition coefficient (Wildman–Crippen LogP) is 1.66. The van der Waals surface area contributed by atoms with Crippen LogP contribution < -0.4 is 10.1 Å². The summed E-state index contributed by atoms with van der Waals surface area (Å²) in [4.78, 5) is 4.07. The standard InChI is InChI=1S/C17H22N2O3/c1-18-8-7-16(20)17(21)14-9-15(11-19-10-14)22-12-13-5-3-2-4-6-13/h2-6,9-11,16-18,20-21H,7-8,12H2,1H3. The van der Waals surface area contributed by atoms with Crippen LogP contribution in [0.5, 0.6) is 5.75 Å². The Kier molecular flexibility index (Phi) is 6.33. The smallest absolute Gasteiger partial charge is 0.138 e. The molecule has 2 rings (SSSR count). The zero-order valence-electron chi connectivity index (χ0n) is 12.6. The first-order valence-corrected chi connectivity index (χ1v) is 7.33. The van der Waals surface area contributed by atoms with Gasteiger partial charge in [-0.1, -0.05) is 30.3 Å². The molecule has 22 heavy (non-hydrogen) atoms. The number of benzene rings is 1.